The quantitative estimate of drug-likeness (QED) is 0.412. The summed E-state index contributed by atoms with van der Waals surface area (Å²) in [5.41, 5.74) is 8.76. The molecule has 0 aliphatic carbocycles. The van der Waals surface area contributed by atoms with E-state index in [2.05, 4.69) is 52.9 Å². The highest BCUT2D eigenvalue weighted by atomic mass is 127. The number of halogens is 1. The second kappa shape index (κ2) is 11.7. The van der Waals surface area contributed by atoms with Gasteiger partial charge in [-0.15, -0.1) is 24.0 Å². The van der Waals surface area contributed by atoms with Crippen LogP contribution in [0.2, 0.25) is 0 Å². The van der Waals surface area contributed by atoms with Crippen LogP contribution in [0.1, 0.15) is 50.7 Å². The Balaban J connectivity index is 0.00000288. The molecule has 1 aromatic carbocycles. The monoisotopic (exact) mass is 444 g/mol. The molecule has 2 rings (SSSR count). The normalized spacial score (nSPS) is 16.0. The summed E-state index contributed by atoms with van der Waals surface area (Å²) in [6.07, 6.45) is 5.10. The van der Waals surface area contributed by atoms with Crippen molar-refractivity contribution in [1.29, 1.82) is 0 Å². The van der Waals surface area contributed by atoms with Crippen LogP contribution in [0, 0.1) is 0 Å². The molecule has 0 radical (unpaired) electrons. The average Bonchev–Trinajstić information content (AvgIpc) is 2.88. The summed E-state index contributed by atoms with van der Waals surface area (Å²) >= 11 is 0. The van der Waals surface area contributed by atoms with E-state index in [4.69, 9.17) is 5.73 Å². The van der Waals surface area contributed by atoms with E-state index in [0.29, 0.717) is 12.5 Å². The number of nitrogens with zero attached hydrogens (tertiary/aromatic N) is 3. The van der Waals surface area contributed by atoms with Crippen LogP contribution >= 0.6 is 24.0 Å². The van der Waals surface area contributed by atoms with Gasteiger partial charge in [0.15, 0.2) is 5.96 Å². The number of benzene rings is 1. The molecule has 0 atom stereocenters. The molecule has 0 saturated carbocycles. The molecule has 1 heterocycles. The van der Waals surface area contributed by atoms with E-state index in [1.54, 1.807) is 0 Å². The van der Waals surface area contributed by atoms with Crippen LogP contribution in [0.5, 0.6) is 0 Å². The van der Waals surface area contributed by atoms with Crippen molar-refractivity contribution in [2.75, 3.05) is 26.2 Å². The van der Waals surface area contributed by atoms with Crippen LogP contribution in [-0.4, -0.2) is 41.9 Å². The lowest BCUT2D eigenvalue weighted by atomic mass is 10.1. The minimum absolute atomic E-state index is 0. The van der Waals surface area contributed by atoms with E-state index in [1.165, 1.54) is 36.8 Å². The number of hydrogen-bond acceptors (Lipinski definition) is 2. The van der Waals surface area contributed by atoms with E-state index in [-0.39, 0.29) is 24.0 Å². The summed E-state index contributed by atoms with van der Waals surface area (Å²) in [6, 6.07) is 8.78. The van der Waals surface area contributed by atoms with Gasteiger partial charge in [0.25, 0.3) is 0 Å². The van der Waals surface area contributed by atoms with Crippen LogP contribution in [-0.2, 0) is 13.1 Å². The van der Waals surface area contributed by atoms with Crippen LogP contribution < -0.4 is 5.73 Å². The molecule has 136 valence electrons. The average molecular weight is 444 g/mol. The molecule has 1 saturated heterocycles. The SMILES string of the molecule is CCN(CC)Cc1ccc(CN=C(N)N2CCCCCC2)cc1.I. The van der Waals surface area contributed by atoms with E-state index >= 15 is 0 Å². The van der Waals surface area contributed by atoms with Crippen molar-refractivity contribution in [3.63, 3.8) is 0 Å². The summed E-state index contributed by atoms with van der Waals surface area (Å²) in [5, 5.41) is 0. The molecule has 1 aromatic rings. The molecule has 0 aromatic heterocycles. The number of likely N-dealkylation sites (tertiary alicyclic amines) is 1. The van der Waals surface area contributed by atoms with Crippen LogP contribution in [0.4, 0.5) is 0 Å². The van der Waals surface area contributed by atoms with Crippen molar-refractivity contribution < 1.29 is 0 Å². The van der Waals surface area contributed by atoms with Gasteiger partial charge in [-0.3, -0.25) is 4.90 Å². The first-order valence-electron chi connectivity index (χ1n) is 9.08. The van der Waals surface area contributed by atoms with E-state index in [9.17, 15) is 0 Å². The lowest BCUT2D eigenvalue weighted by molar-refractivity contribution is 0.296. The second-order valence-electron chi connectivity index (χ2n) is 6.35. The Bertz CT molecular complexity index is 475. The molecule has 0 amide bonds. The smallest absolute Gasteiger partial charge is 0.191 e. The molecule has 1 aliphatic rings. The largest absolute Gasteiger partial charge is 0.370 e. The Morgan fingerprint density at radius 3 is 2.08 bits per heavy atom. The molecule has 5 heteroatoms. The van der Waals surface area contributed by atoms with Gasteiger partial charge in [-0.2, -0.15) is 0 Å². The van der Waals surface area contributed by atoms with Gasteiger partial charge in [-0.25, -0.2) is 4.99 Å². The Morgan fingerprint density at radius 1 is 1.00 bits per heavy atom. The van der Waals surface area contributed by atoms with E-state index in [1.807, 2.05) is 0 Å². The molecule has 0 unspecified atom stereocenters. The third-order valence-corrected chi connectivity index (χ3v) is 4.68. The van der Waals surface area contributed by atoms with Crippen molar-refractivity contribution in [2.45, 2.75) is 52.6 Å². The summed E-state index contributed by atoms with van der Waals surface area (Å²) < 4.78 is 0. The van der Waals surface area contributed by atoms with E-state index in [0.717, 1.165) is 32.7 Å². The predicted octanol–water partition coefficient (Wildman–Crippen LogP) is 3.84. The van der Waals surface area contributed by atoms with Crippen LogP contribution in [0.15, 0.2) is 29.3 Å². The van der Waals surface area contributed by atoms with Gasteiger partial charge < -0.3 is 10.6 Å². The first kappa shape index (κ1) is 21.2. The zero-order valence-corrected chi connectivity index (χ0v) is 17.5. The molecule has 24 heavy (non-hydrogen) atoms. The van der Waals surface area contributed by atoms with Crippen molar-refractivity contribution in [1.82, 2.24) is 9.80 Å². The number of guanidine groups is 1. The Hall–Kier alpha value is -0.820. The molecule has 2 N–H and O–H groups in total. The Labute approximate surface area is 164 Å². The Kier molecular flexibility index (Phi) is 10.3. The van der Waals surface area contributed by atoms with Gasteiger partial charge in [0.2, 0.25) is 0 Å². The summed E-state index contributed by atoms with van der Waals surface area (Å²) in [6.45, 7) is 10.4. The zero-order valence-electron chi connectivity index (χ0n) is 15.2. The second-order valence-corrected chi connectivity index (χ2v) is 6.35. The number of aliphatic imine (C=N–C) groups is 1. The first-order valence-corrected chi connectivity index (χ1v) is 9.08. The molecule has 0 spiro atoms. The minimum atomic E-state index is 0. The molecule has 1 aliphatic heterocycles. The third kappa shape index (κ3) is 6.97. The van der Waals surface area contributed by atoms with Crippen molar-refractivity contribution in [3.8, 4) is 0 Å². The highest BCUT2D eigenvalue weighted by molar-refractivity contribution is 14.0. The fourth-order valence-corrected chi connectivity index (χ4v) is 3.03. The number of hydrogen-bond donors (Lipinski definition) is 1. The summed E-state index contributed by atoms with van der Waals surface area (Å²) in [4.78, 5) is 9.25. The van der Waals surface area contributed by atoms with E-state index < -0.39 is 0 Å². The Morgan fingerprint density at radius 2 is 1.54 bits per heavy atom. The minimum Gasteiger partial charge on any atom is -0.370 e. The lowest BCUT2D eigenvalue weighted by Crippen LogP contribution is -2.38. The fourth-order valence-electron chi connectivity index (χ4n) is 3.03. The standard InChI is InChI=1S/C19H32N4.HI/c1-3-22(4-2)16-18-11-9-17(10-12-18)15-21-19(20)23-13-7-5-6-8-14-23;/h9-12H,3-8,13-16H2,1-2H3,(H2,20,21);1H. The maximum Gasteiger partial charge on any atom is 0.191 e. The first-order chi connectivity index (χ1) is 11.2. The van der Waals surface area contributed by atoms with Gasteiger partial charge in [0, 0.05) is 19.6 Å². The maximum atomic E-state index is 6.17. The van der Waals surface area contributed by atoms with Crippen LogP contribution in [0.25, 0.3) is 0 Å². The summed E-state index contributed by atoms with van der Waals surface area (Å²) in [7, 11) is 0. The molecule has 1 fully saturated rings. The molecular formula is C19H33IN4. The molecular weight excluding hydrogens is 411 g/mol. The maximum absolute atomic E-state index is 6.17. The summed E-state index contributed by atoms with van der Waals surface area (Å²) in [5.74, 6) is 0.708. The van der Waals surface area contributed by atoms with Gasteiger partial charge in [0.05, 0.1) is 6.54 Å². The number of rotatable bonds is 6. The lowest BCUT2D eigenvalue weighted by Gasteiger charge is -2.21. The zero-order chi connectivity index (χ0) is 16.5. The number of nitrogens with two attached hydrogens (primary N) is 1. The predicted molar refractivity (Wildman–Crippen MR) is 114 cm³/mol. The van der Waals surface area contributed by atoms with Gasteiger partial charge in [-0.05, 0) is 37.1 Å². The molecule has 4 nitrogen and oxygen atoms in total. The van der Waals surface area contributed by atoms with Crippen LogP contribution in [0.3, 0.4) is 0 Å². The van der Waals surface area contributed by atoms with Crippen molar-refractivity contribution in [3.05, 3.63) is 35.4 Å². The van der Waals surface area contributed by atoms with Crippen molar-refractivity contribution in [2.24, 2.45) is 10.7 Å². The van der Waals surface area contributed by atoms with Gasteiger partial charge >= 0.3 is 0 Å². The van der Waals surface area contributed by atoms with Gasteiger partial charge in [-0.1, -0.05) is 51.0 Å². The highest BCUT2D eigenvalue weighted by Gasteiger charge is 2.10. The van der Waals surface area contributed by atoms with Gasteiger partial charge in [0.1, 0.15) is 0 Å². The fraction of sp³-hybridized carbons (Fsp3) is 0.632. The molecule has 0 bridgehead atoms. The highest BCUT2D eigenvalue weighted by Crippen LogP contribution is 2.11. The van der Waals surface area contributed by atoms with Crippen molar-refractivity contribution >= 4 is 29.9 Å². The third-order valence-electron chi connectivity index (χ3n) is 4.68. The topological polar surface area (TPSA) is 44.9 Å².